The Morgan fingerprint density at radius 1 is 1.44 bits per heavy atom. The molecule has 0 unspecified atom stereocenters. The molecule has 2 nitrogen and oxygen atoms in total. The molecule has 0 radical (unpaired) electrons. The van der Waals surface area contributed by atoms with Gasteiger partial charge in [0.1, 0.15) is 5.82 Å². The molecule has 1 aliphatic rings. The lowest BCUT2D eigenvalue weighted by Gasteiger charge is -2.27. The van der Waals surface area contributed by atoms with Crippen LogP contribution in [0.4, 0.5) is 15.8 Å². The van der Waals surface area contributed by atoms with E-state index in [1.165, 1.54) is 25.0 Å². The second kappa shape index (κ2) is 4.32. The van der Waals surface area contributed by atoms with Crippen LogP contribution in [0.2, 0.25) is 0 Å². The Labute approximate surface area is 96.2 Å². The molecule has 0 amide bonds. The van der Waals surface area contributed by atoms with Crippen LogP contribution in [0.5, 0.6) is 0 Å². The van der Waals surface area contributed by atoms with Crippen molar-refractivity contribution in [3.8, 4) is 0 Å². The minimum absolute atomic E-state index is 0.262. The van der Waals surface area contributed by atoms with Gasteiger partial charge in [0.05, 0.1) is 11.4 Å². The van der Waals surface area contributed by atoms with Gasteiger partial charge in [-0.3, -0.25) is 0 Å². The van der Waals surface area contributed by atoms with E-state index in [2.05, 4.69) is 18.7 Å². The average molecular weight is 222 g/mol. The Bertz CT molecular complexity index is 372. The van der Waals surface area contributed by atoms with Crippen LogP contribution in [0.1, 0.15) is 26.7 Å². The maximum Gasteiger partial charge on any atom is 0.125 e. The van der Waals surface area contributed by atoms with Crippen molar-refractivity contribution in [2.24, 2.45) is 5.92 Å². The van der Waals surface area contributed by atoms with Gasteiger partial charge in [-0.1, -0.05) is 13.8 Å². The minimum atomic E-state index is -0.262. The summed E-state index contributed by atoms with van der Waals surface area (Å²) < 4.78 is 13.0. The van der Waals surface area contributed by atoms with E-state index in [0.717, 1.165) is 12.2 Å². The van der Waals surface area contributed by atoms with Crippen LogP contribution in [0, 0.1) is 11.7 Å². The normalized spacial score (nSPS) is 15.5. The average Bonchev–Trinajstić information content (AvgIpc) is 2.97. The van der Waals surface area contributed by atoms with Crippen LogP contribution in [0.3, 0.4) is 0 Å². The highest BCUT2D eigenvalue weighted by molar-refractivity contribution is 5.68. The Kier molecular flexibility index (Phi) is 3.03. The Balaban J connectivity index is 2.24. The summed E-state index contributed by atoms with van der Waals surface area (Å²) in [5.41, 5.74) is 7.41. The van der Waals surface area contributed by atoms with Gasteiger partial charge < -0.3 is 10.6 Å². The fourth-order valence-electron chi connectivity index (χ4n) is 2.01. The van der Waals surface area contributed by atoms with Crippen molar-refractivity contribution in [2.45, 2.75) is 32.7 Å². The van der Waals surface area contributed by atoms with E-state index in [9.17, 15) is 4.39 Å². The van der Waals surface area contributed by atoms with Crippen LogP contribution in [-0.4, -0.2) is 12.6 Å². The van der Waals surface area contributed by atoms with Gasteiger partial charge in [-0.2, -0.15) is 0 Å². The molecular weight excluding hydrogens is 203 g/mol. The molecule has 3 heteroatoms. The topological polar surface area (TPSA) is 29.3 Å². The fraction of sp³-hybridized carbons (Fsp3) is 0.538. The lowest BCUT2D eigenvalue weighted by molar-refractivity contribution is 0.605. The molecule has 1 aliphatic carbocycles. The summed E-state index contributed by atoms with van der Waals surface area (Å²) in [6, 6.07) is 5.30. The third-order valence-corrected chi connectivity index (χ3v) is 2.85. The summed E-state index contributed by atoms with van der Waals surface area (Å²) in [6.45, 7) is 5.37. The number of nitrogens with zero attached hydrogens (tertiary/aromatic N) is 1. The van der Waals surface area contributed by atoms with E-state index in [1.54, 1.807) is 6.07 Å². The molecule has 1 aromatic rings. The van der Waals surface area contributed by atoms with Crippen LogP contribution >= 0.6 is 0 Å². The minimum Gasteiger partial charge on any atom is -0.397 e. The highest BCUT2D eigenvalue weighted by Crippen LogP contribution is 2.35. The van der Waals surface area contributed by atoms with E-state index >= 15 is 0 Å². The zero-order valence-electron chi connectivity index (χ0n) is 9.91. The first-order valence-corrected chi connectivity index (χ1v) is 5.89. The van der Waals surface area contributed by atoms with Crippen LogP contribution < -0.4 is 10.6 Å². The Morgan fingerprint density at radius 2 is 2.12 bits per heavy atom. The number of anilines is 2. The molecule has 0 aromatic heterocycles. The van der Waals surface area contributed by atoms with Crippen molar-refractivity contribution in [3.05, 3.63) is 24.0 Å². The van der Waals surface area contributed by atoms with Gasteiger partial charge in [-0.15, -0.1) is 0 Å². The van der Waals surface area contributed by atoms with E-state index in [0.29, 0.717) is 17.6 Å². The Morgan fingerprint density at radius 3 is 2.62 bits per heavy atom. The largest absolute Gasteiger partial charge is 0.397 e. The monoisotopic (exact) mass is 222 g/mol. The van der Waals surface area contributed by atoms with Gasteiger partial charge in [-0.05, 0) is 37.0 Å². The van der Waals surface area contributed by atoms with E-state index in [-0.39, 0.29) is 5.82 Å². The lowest BCUT2D eigenvalue weighted by atomic mass is 10.1. The third kappa shape index (κ3) is 2.46. The third-order valence-electron chi connectivity index (χ3n) is 2.85. The molecule has 0 saturated heterocycles. The number of rotatable bonds is 4. The number of nitrogens with two attached hydrogens (primary N) is 1. The first-order valence-electron chi connectivity index (χ1n) is 5.89. The lowest BCUT2D eigenvalue weighted by Crippen LogP contribution is -2.30. The molecule has 16 heavy (non-hydrogen) atoms. The van der Waals surface area contributed by atoms with Crippen molar-refractivity contribution in [1.29, 1.82) is 0 Å². The molecule has 0 aliphatic heterocycles. The number of hydrogen-bond acceptors (Lipinski definition) is 2. The molecular formula is C13H19FN2. The second-order valence-corrected chi connectivity index (χ2v) is 4.98. The second-order valence-electron chi connectivity index (χ2n) is 4.98. The predicted molar refractivity (Wildman–Crippen MR) is 66.0 cm³/mol. The summed E-state index contributed by atoms with van der Waals surface area (Å²) in [7, 11) is 0. The molecule has 1 aromatic carbocycles. The SMILES string of the molecule is CC(C)CN(c1ccc(F)cc1N)C1CC1. The van der Waals surface area contributed by atoms with E-state index in [1.807, 2.05) is 0 Å². The quantitative estimate of drug-likeness (QED) is 0.793. The summed E-state index contributed by atoms with van der Waals surface area (Å²) >= 11 is 0. The van der Waals surface area contributed by atoms with E-state index < -0.39 is 0 Å². The van der Waals surface area contributed by atoms with Crippen LogP contribution in [0.25, 0.3) is 0 Å². The highest BCUT2D eigenvalue weighted by atomic mass is 19.1. The molecule has 0 atom stereocenters. The molecule has 2 N–H and O–H groups in total. The van der Waals surface area contributed by atoms with Gasteiger partial charge in [0.2, 0.25) is 0 Å². The van der Waals surface area contributed by atoms with Crippen molar-refractivity contribution < 1.29 is 4.39 Å². The van der Waals surface area contributed by atoms with E-state index in [4.69, 9.17) is 5.73 Å². The highest BCUT2D eigenvalue weighted by Gasteiger charge is 2.30. The zero-order valence-corrected chi connectivity index (χ0v) is 9.91. The van der Waals surface area contributed by atoms with Gasteiger partial charge >= 0.3 is 0 Å². The summed E-state index contributed by atoms with van der Waals surface area (Å²) in [5, 5.41) is 0. The molecule has 2 rings (SSSR count). The van der Waals surface area contributed by atoms with Gasteiger partial charge in [-0.25, -0.2) is 4.39 Å². The molecule has 0 heterocycles. The van der Waals surface area contributed by atoms with Crippen molar-refractivity contribution in [2.75, 3.05) is 17.2 Å². The Hall–Kier alpha value is -1.25. The maximum atomic E-state index is 13.0. The van der Waals surface area contributed by atoms with Crippen LogP contribution in [0.15, 0.2) is 18.2 Å². The van der Waals surface area contributed by atoms with Crippen molar-refractivity contribution in [3.63, 3.8) is 0 Å². The maximum absolute atomic E-state index is 13.0. The van der Waals surface area contributed by atoms with Gasteiger partial charge in [0.25, 0.3) is 0 Å². The van der Waals surface area contributed by atoms with Gasteiger partial charge in [0.15, 0.2) is 0 Å². The van der Waals surface area contributed by atoms with Crippen molar-refractivity contribution >= 4 is 11.4 Å². The molecule has 0 spiro atoms. The number of benzene rings is 1. The predicted octanol–water partition coefficient (Wildman–Crippen LogP) is 3.03. The smallest absolute Gasteiger partial charge is 0.125 e. The number of hydrogen-bond donors (Lipinski definition) is 1. The standard InChI is InChI=1S/C13H19FN2/c1-9(2)8-16(11-4-5-11)13-6-3-10(14)7-12(13)15/h3,6-7,9,11H,4-5,8,15H2,1-2H3. The first-order chi connectivity index (χ1) is 7.58. The van der Waals surface area contributed by atoms with Gasteiger partial charge in [0, 0.05) is 12.6 Å². The number of halogens is 1. The fourth-order valence-corrected chi connectivity index (χ4v) is 2.01. The van der Waals surface area contributed by atoms with Crippen LogP contribution in [-0.2, 0) is 0 Å². The summed E-state index contributed by atoms with van der Waals surface area (Å²) in [4.78, 5) is 2.32. The molecule has 88 valence electrons. The summed E-state index contributed by atoms with van der Waals surface area (Å²) in [6.07, 6.45) is 2.45. The molecule has 1 fully saturated rings. The number of nitrogen functional groups attached to an aromatic ring is 1. The summed E-state index contributed by atoms with van der Waals surface area (Å²) in [5.74, 6) is 0.326. The zero-order chi connectivity index (χ0) is 11.7. The van der Waals surface area contributed by atoms with Crippen molar-refractivity contribution in [1.82, 2.24) is 0 Å². The molecule has 1 saturated carbocycles. The molecule has 0 bridgehead atoms. The first kappa shape index (κ1) is 11.2.